The third-order valence-electron chi connectivity index (χ3n) is 2.28. The number of benzene rings is 1. The van der Waals surface area contributed by atoms with Gasteiger partial charge in [0.05, 0.1) is 9.95 Å². The summed E-state index contributed by atoms with van der Waals surface area (Å²) < 4.78 is 1.23. The van der Waals surface area contributed by atoms with E-state index in [0.717, 1.165) is 0 Å². The van der Waals surface area contributed by atoms with Crippen LogP contribution in [0.3, 0.4) is 0 Å². The molecular formula is C11H6Cl2N2O3. The van der Waals surface area contributed by atoms with E-state index >= 15 is 0 Å². The second-order valence-electron chi connectivity index (χ2n) is 3.45. The standard InChI is InChI=1S/C11H6Cl2N2O3/c12-7-5-10(13)11(16)14(6-7)8-1-3-9(4-2-8)15(17)18/h1-6H. The predicted octanol–water partition coefficient (Wildman–Crippen LogP) is 3.05. The first-order valence-electron chi connectivity index (χ1n) is 4.81. The van der Waals surface area contributed by atoms with Crippen LogP contribution in [0.25, 0.3) is 5.69 Å². The van der Waals surface area contributed by atoms with Gasteiger partial charge in [-0.25, -0.2) is 0 Å². The monoisotopic (exact) mass is 284 g/mol. The lowest BCUT2D eigenvalue weighted by Gasteiger charge is -2.06. The van der Waals surface area contributed by atoms with Crippen molar-refractivity contribution in [1.82, 2.24) is 4.57 Å². The van der Waals surface area contributed by atoms with Gasteiger partial charge < -0.3 is 0 Å². The average Bonchev–Trinajstić information content (AvgIpc) is 2.34. The molecule has 0 aliphatic heterocycles. The molecule has 0 fully saturated rings. The number of non-ortho nitro benzene ring substituents is 1. The van der Waals surface area contributed by atoms with Crippen molar-refractivity contribution in [3.8, 4) is 5.69 Å². The number of pyridine rings is 1. The summed E-state index contributed by atoms with van der Waals surface area (Å²) in [6.45, 7) is 0. The summed E-state index contributed by atoms with van der Waals surface area (Å²) in [5, 5.41) is 10.8. The molecule has 1 heterocycles. The summed E-state index contributed by atoms with van der Waals surface area (Å²) in [7, 11) is 0. The number of hydrogen-bond donors (Lipinski definition) is 0. The van der Waals surface area contributed by atoms with Crippen LogP contribution < -0.4 is 5.56 Å². The number of hydrogen-bond acceptors (Lipinski definition) is 3. The van der Waals surface area contributed by atoms with Crippen molar-refractivity contribution < 1.29 is 4.92 Å². The van der Waals surface area contributed by atoms with Crippen LogP contribution in [0.4, 0.5) is 5.69 Å². The Kier molecular flexibility index (Phi) is 3.36. The fourth-order valence-corrected chi connectivity index (χ4v) is 1.91. The van der Waals surface area contributed by atoms with E-state index < -0.39 is 10.5 Å². The maximum atomic E-state index is 11.8. The Balaban J connectivity index is 2.56. The van der Waals surface area contributed by atoms with E-state index in [0.29, 0.717) is 10.7 Å². The minimum absolute atomic E-state index is 0.0131. The minimum atomic E-state index is -0.516. The molecule has 0 unspecified atom stereocenters. The van der Waals surface area contributed by atoms with Gasteiger partial charge in [-0.2, -0.15) is 0 Å². The van der Waals surface area contributed by atoms with Crippen molar-refractivity contribution in [3.63, 3.8) is 0 Å². The van der Waals surface area contributed by atoms with E-state index in [2.05, 4.69) is 0 Å². The number of halogens is 2. The molecule has 92 valence electrons. The molecule has 0 N–H and O–H groups in total. The van der Waals surface area contributed by atoms with Crippen molar-refractivity contribution in [2.75, 3.05) is 0 Å². The second kappa shape index (κ2) is 4.80. The molecule has 1 aromatic carbocycles. The Morgan fingerprint density at radius 2 is 1.78 bits per heavy atom. The maximum absolute atomic E-state index is 11.8. The molecule has 0 radical (unpaired) electrons. The highest BCUT2D eigenvalue weighted by molar-refractivity contribution is 6.34. The van der Waals surface area contributed by atoms with Crippen LogP contribution >= 0.6 is 23.2 Å². The SMILES string of the molecule is O=c1c(Cl)cc(Cl)cn1-c1ccc([N+](=O)[O-])cc1. The van der Waals surface area contributed by atoms with Gasteiger partial charge in [-0.1, -0.05) is 23.2 Å². The molecule has 1 aromatic heterocycles. The number of nitro groups is 1. The second-order valence-corrected chi connectivity index (χ2v) is 4.30. The molecule has 0 saturated carbocycles. The molecule has 0 spiro atoms. The number of rotatable bonds is 2. The molecule has 2 rings (SSSR count). The minimum Gasteiger partial charge on any atom is -0.282 e. The normalized spacial score (nSPS) is 10.3. The molecular weight excluding hydrogens is 279 g/mol. The predicted molar refractivity (Wildman–Crippen MR) is 68.7 cm³/mol. The average molecular weight is 285 g/mol. The van der Waals surface area contributed by atoms with Gasteiger partial charge in [-0.05, 0) is 18.2 Å². The maximum Gasteiger partial charge on any atom is 0.273 e. The zero-order chi connectivity index (χ0) is 13.3. The first-order chi connectivity index (χ1) is 8.49. The Morgan fingerprint density at radius 1 is 1.17 bits per heavy atom. The fraction of sp³-hybridized carbons (Fsp3) is 0. The molecule has 0 bridgehead atoms. The zero-order valence-electron chi connectivity index (χ0n) is 8.84. The smallest absolute Gasteiger partial charge is 0.273 e. The molecule has 7 heteroatoms. The number of nitrogens with zero attached hydrogens (tertiary/aromatic N) is 2. The van der Waals surface area contributed by atoms with Crippen LogP contribution in [0.2, 0.25) is 10.0 Å². The van der Waals surface area contributed by atoms with Crippen LogP contribution in [0.1, 0.15) is 0 Å². The van der Waals surface area contributed by atoms with E-state index in [4.69, 9.17) is 23.2 Å². The van der Waals surface area contributed by atoms with Gasteiger partial charge in [0.1, 0.15) is 5.02 Å². The molecule has 0 saturated heterocycles. The summed E-state index contributed by atoms with van der Waals surface area (Å²) in [4.78, 5) is 21.8. The van der Waals surface area contributed by atoms with Crippen LogP contribution in [0.15, 0.2) is 41.3 Å². The summed E-state index contributed by atoms with van der Waals surface area (Å²) in [5.41, 5.74) is -0.0372. The Bertz CT molecular complexity index is 665. The van der Waals surface area contributed by atoms with Gasteiger partial charge in [0.2, 0.25) is 0 Å². The van der Waals surface area contributed by atoms with Crippen molar-refractivity contribution in [3.05, 3.63) is 67.0 Å². The summed E-state index contributed by atoms with van der Waals surface area (Å²) in [6.07, 6.45) is 1.40. The van der Waals surface area contributed by atoms with Gasteiger partial charge >= 0.3 is 0 Å². The Morgan fingerprint density at radius 3 is 2.33 bits per heavy atom. The van der Waals surface area contributed by atoms with Crippen LogP contribution in [0.5, 0.6) is 0 Å². The third-order valence-corrected chi connectivity index (χ3v) is 2.76. The molecule has 18 heavy (non-hydrogen) atoms. The molecule has 2 aromatic rings. The summed E-state index contributed by atoms with van der Waals surface area (Å²) >= 11 is 11.5. The van der Waals surface area contributed by atoms with E-state index in [1.54, 1.807) is 0 Å². The molecule has 5 nitrogen and oxygen atoms in total. The fourth-order valence-electron chi connectivity index (χ4n) is 1.44. The molecule has 0 aliphatic rings. The van der Waals surface area contributed by atoms with E-state index in [1.807, 2.05) is 0 Å². The Labute approximate surface area is 111 Å². The van der Waals surface area contributed by atoms with E-state index in [1.165, 1.54) is 41.1 Å². The zero-order valence-corrected chi connectivity index (χ0v) is 10.4. The first kappa shape index (κ1) is 12.6. The van der Waals surface area contributed by atoms with Gasteiger partial charge in [0.25, 0.3) is 11.2 Å². The van der Waals surface area contributed by atoms with Gasteiger partial charge in [-0.3, -0.25) is 19.5 Å². The third kappa shape index (κ3) is 2.37. The molecule has 0 atom stereocenters. The topological polar surface area (TPSA) is 65.1 Å². The summed E-state index contributed by atoms with van der Waals surface area (Å²) in [6, 6.07) is 6.85. The highest BCUT2D eigenvalue weighted by atomic mass is 35.5. The van der Waals surface area contributed by atoms with Gasteiger partial charge in [-0.15, -0.1) is 0 Å². The first-order valence-corrected chi connectivity index (χ1v) is 5.57. The van der Waals surface area contributed by atoms with Crippen molar-refractivity contribution in [2.45, 2.75) is 0 Å². The molecule has 0 aliphatic carbocycles. The van der Waals surface area contributed by atoms with Crippen LogP contribution in [-0.4, -0.2) is 9.49 Å². The highest BCUT2D eigenvalue weighted by Crippen LogP contribution is 2.17. The Hall–Kier alpha value is -1.85. The molecule has 0 amide bonds. The lowest BCUT2D eigenvalue weighted by Crippen LogP contribution is -2.17. The van der Waals surface area contributed by atoms with Crippen LogP contribution in [-0.2, 0) is 0 Å². The quantitative estimate of drug-likeness (QED) is 0.629. The van der Waals surface area contributed by atoms with Gasteiger partial charge in [0.15, 0.2) is 0 Å². The van der Waals surface area contributed by atoms with Gasteiger partial charge in [0, 0.05) is 24.0 Å². The largest absolute Gasteiger partial charge is 0.282 e. The lowest BCUT2D eigenvalue weighted by molar-refractivity contribution is -0.384. The van der Waals surface area contributed by atoms with Crippen LogP contribution in [0, 0.1) is 10.1 Å². The van der Waals surface area contributed by atoms with Crippen molar-refractivity contribution in [1.29, 1.82) is 0 Å². The lowest BCUT2D eigenvalue weighted by atomic mass is 10.3. The van der Waals surface area contributed by atoms with E-state index in [9.17, 15) is 14.9 Å². The number of nitro benzene ring substituents is 1. The van der Waals surface area contributed by atoms with E-state index in [-0.39, 0.29) is 10.7 Å². The highest BCUT2D eigenvalue weighted by Gasteiger charge is 2.08. The van der Waals surface area contributed by atoms with Crippen molar-refractivity contribution >= 4 is 28.9 Å². The summed E-state index contributed by atoms with van der Waals surface area (Å²) in [5.74, 6) is 0. The van der Waals surface area contributed by atoms with Crippen molar-refractivity contribution in [2.24, 2.45) is 0 Å². The number of aromatic nitrogens is 1.